The maximum absolute atomic E-state index is 12.0. The normalized spacial score (nSPS) is 10.4. The zero-order chi connectivity index (χ0) is 16.8. The summed E-state index contributed by atoms with van der Waals surface area (Å²) in [5, 5.41) is 6.53. The average molecular weight is 315 g/mol. The lowest BCUT2D eigenvalue weighted by molar-refractivity contribution is -0.128. The van der Waals surface area contributed by atoms with E-state index in [0.717, 1.165) is 11.1 Å². The molecule has 0 unspecified atom stereocenters. The van der Waals surface area contributed by atoms with Gasteiger partial charge >= 0.3 is 0 Å². The Bertz CT molecular complexity index is 675. The Morgan fingerprint density at radius 2 is 1.91 bits per heavy atom. The molecular formula is C17H21N3O3. The van der Waals surface area contributed by atoms with Crippen LogP contribution in [0.5, 0.6) is 0 Å². The van der Waals surface area contributed by atoms with Crippen molar-refractivity contribution in [1.82, 2.24) is 15.4 Å². The summed E-state index contributed by atoms with van der Waals surface area (Å²) >= 11 is 0. The number of benzene rings is 1. The third-order valence-electron chi connectivity index (χ3n) is 3.43. The fraction of sp³-hybridized carbons (Fsp3) is 0.353. The minimum absolute atomic E-state index is 0.0438. The van der Waals surface area contributed by atoms with Gasteiger partial charge in [0, 0.05) is 38.7 Å². The van der Waals surface area contributed by atoms with Crippen molar-refractivity contribution in [3.05, 3.63) is 41.6 Å². The molecule has 1 heterocycles. The second-order valence-corrected chi connectivity index (χ2v) is 5.59. The molecule has 0 aliphatic heterocycles. The fourth-order valence-corrected chi connectivity index (χ4v) is 1.99. The molecule has 2 rings (SSSR count). The van der Waals surface area contributed by atoms with Gasteiger partial charge in [-0.05, 0) is 13.3 Å². The fourth-order valence-electron chi connectivity index (χ4n) is 1.99. The van der Waals surface area contributed by atoms with Crippen molar-refractivity contribution in [2.75, 3.05) is 20.6 Å². The predicted molar refractivity (Wildman–Crippen MR) is 86.9 cm³/mol. The number of hydrogen-bond donors (Lipinski definition) is 1. The zero-order valence-corrected chi connectivity index (χ0v) is 13.6. The molecule has 1 aromatic carbocycles. The lowest BCUT2D eigenvalue weighted by Crippen LogP contribution is -2.27. The Morgan fingerprint density at radius 1 is 1.22 bits per heavy atom. The quantitative estimate of drug-likeness (QED) is 0.830. The number of nitrogens with one attached hydrogen (secondary N) is 1. The second-order valence-electron chi connectivity index (χ2n) is 5.59. The van der Waals surface area contributed by atoms with Crippen LogP contribution < -0.4 is 5.32 Å². The number of carbonyl (C=O) groups excluding carboxylic acids is 2. The van der Waals surface area contributed by atoms with E-state index >= 15 is 0 Å². The first kappa shape index (κ1) is 16.7. The van der Waals surface area contributed by atoms with Crippen molar-refractivity contribution in [2.24, 2.45) is 0 Å². The van der Waals surface area contributed by atoms with Crippen molar-refractivity contribution < 1.29 is 14.1 Å². The molecule has 0 saturated heterocycles. The van der Waals surface area contributed by atoms with Crippen LogP contribution in [0.3, 0.4) is 0 Å². The van der Waals surface area contributed by atoms with Gasteiger partial charge in [-0.3, -0.25) is 9.59 Å². The minimum atomic E-state index is -0.301. The van der Waals surface area contributed by atoms with Crippen LogP contribution in [0.15, 0.2) is 34.9 Å². The third-order valence-corrected chi connectivity index (χ3v) is 3.43. The number of rotatable bonds is 6. The molecule has 23 heavy (non-hydrogen) atoms. The van der Waals surface area contributed by atoms with Crippen molar-refractivity contribution in [2.45, 2.75) is 19.8 Å². The summed E-state index contributed by atoms with van der Waals surface area (Å²) < 4.78 is 5.22. The van der Waals surface area contributed by atoms with Gasteiger partial charge in [0.1, 0.15) is 0 Å². The molecule has 6 nitrogen and oxygen atoms in total. The summed E-state index contributed by atoms with van der Waals surface area (Å²) in [6.07, 6.45) is 0.992. The second kappa shape index (κ2) is 7.58. The van der Waals surface area contributed by atoms with Crippen molar-refractivity contribution in [3.8, 4) is 11.3 Å². The average Bonchev–Trinajstić information content (AvgIpc) is 3.01. The number of nitrogens with zero attached hydrogens (tertiary/aromatic N) is 2. The molecule has 0 atom stereocenters. The highest BCUT2D eigenvalue weighted by Gasteiger charge is 2.13. The number of aryl methyl sites for hydroxylation is 1. The molecule has 0 saturated carbocycles. The number of amides is 2. The first-order chi connectivity index (χ1) is 11.0. The summed E-state index contributed by atoms with van der Waals surface area (Å²) in [7, 11) is 3.42. The third kappa shape index (κ3) is 4.67. The van der Waals surface area contributed by atoms with Crippen LogP contribution in [0.4, 0.5) is 0 Å². The van der Waals surface area contributed by atoms with E-state index in [4.69, 9.17) is 4.52 Å². The summed E-state index contributed by atoms with van der Waals surface area (Å²) in [6.45, 7) is 2.43. The van der Waals surface area contributed by atoms with Gasteiger partial charge in [0.05, 0.1) is 0 Å². The monoisotopic (exact) mass is 315 g/mol. The van der Waals surface area contributed by atoms with Gasteiger partial charge in [-0.25, -0.2) is 0 Å². The summed E-state index contributed by atoms with van der Waals surface area (Å²) in [5.74, 6) is 0.296. The van der Waals surface area contributed by atoms with E-state index in [2.05, 4.69) is 10.5 Å². The standard InChI is InChI=1S/C17H21N3O3/c1-12-6-8-13(9-7-12)15-11-14(19-23-15)17(22)18-10-4-5-16(21)20(2)3/h6-9,11H,4-5,10H2,1-3H3,(H,18,22). The van der Waals surface area contributed by atoms with Gasteiger partial charge in [0.2, 0.25) is 5.91 Å². The maximum Gasteiger partial charge on any atom is 0.273 e. The van der Waals surface area contributed by atoms with Crippen LogP contribution >= 0.6 is 0 Å². The van der Waals surface area contributed by atoms with E-state index in [0.29, 0.717) is 25.1 Å². The largest absolute Gasteiger partial charge is 0.355 e. The molecule has 1 aromatic heterocycles. The van der Waals surface area contributed by atoms with E-state index in [1.807, 2.05) is 31.2 Å². The molecule has 0 bridgehead atoms. The molecule has 0 aliphatic carbocycles. The molecule has 1 N–H and O–H groups in total. The topological polar surface area (TPSA) is 75.4 Å². The smallest absolute Gasteiger partial charge is 0.273 e. The molecular weight excluding hydrogens is 294 g/mol. The van der Waals surface area contributed by atoms with Gasteiger partial charge in [-0.15, -0.1) is 0 Å². The molecule has 0 spiro atoms. The molecule has 0 aliphatic rings. The van der Waals surface area contributed by atoms with Crippen LogP contribution in [0.1, 0.15) is 28.9 Å². The van der Waals surface area contributed by atoms with Crippen LogP contribution in [-0.2, 0) is 4.79 Å². The van der Waals surface area contributed by atoms with Crippen molar-refractivity contribution in [3.63, 3.8) is 0 Å². The number of aromatic nitrogens is 1. The van der Waals surface area contributed by atoms with E-state index in [1.165, 1.54) is 4.90 Å². The molecule has 122 valence electrons. The molecule has 0 fully saturated rings. The lowest BCUT2D eigenvalue weighted by atomic mass is 10.1. The van der Waals surface area contributed by atoms with Crippen LogP contribution in [-0.4, -0.2) is 42.5 Å². The Morgan fingerprint density at radius 3 is 2.57 bits per heavy atom. The SMILES string of the molecule is Cc1ccc(-c2cc(C(=O)NCCCC(=O)N(C)C)no2)cc1. The highest BCUT2D eigenvalue weighted by atomic mass is 16.5. The highest BCUT2D eigenvalue weighted by Crippen LogP contribution is 2.20. The Balaban J connectivity index is 1.86. The molecule has 6 heteroatoms. The molecule has 2 aromatic rings. The Hall–Kier alpha value is -2.63. The van der Waals surface area contributed by atoms with Gasteiger partial charge in [0.15, 0.2) is 11.5 Å². The van der Waals surface area contributed by atoms with Crippen LogP contribution in [0, 0.1) is 6.92 Å². The first-order valence-electron chi connectivity index (χ1n) is 7.49. The summed E-state index contributed by atoms with van der Waals surface area (Å²) in [5.41, 5.74) is 2.26. The first-order valence-corrected chi connectivity index (χ1v) is 7.49. The Kier molecular flexibility index (Phi) is 5.51. The van der Waals surface area contributed by atoms with Crippen molar-refractivity contribution in [1.29, 1.82) is 0 Å². The van der Waals surface area contributed by atoms with Crippen LogP contribution in [0.2, 0.25) is 0 Å². The van der Waals surface area contributed by atoms with Gasteiger partial charge in [-0.1, -0.05) is 35.0 Å². The Labute approximate surface area is 135 Å². The number of hydrogen-bond acceptors (Lipinski definition) is 4. The highest BCUT2D eigenvalue weighted by molar-refractivity contribution is 5.93. The van der Waals surface area contributed by atoms with E-state index in [1.54, 1.807) is 20.2 Å². The zero-order valence-electron chi connectivity index (χ0n) is 13.6. The van der Waals surface area contributed by atoms with Gasteiger partial charge in [-0.2, -0.15) is 0 Å². The lowest BCUT2D eigenvalue weighted by Gasteiger charge is -2.09. The molecule has 2 amide bonds. The predicted octanol–water partition coefficient (Wildman–Crippen LogP) is 2.25. The van der Waals surface area contributed by atoms with Crippen molar-refractivity contribution >= 4 is 11.8 Å². The summed E-state index contributed by atoms with van der Waals surface area (Å²) in [4.78, 5) is 25.0. The maximum atomic E-state index is 12.0. The van der Waals surface area contributed by atoms with E-state index in [9.17, 15) is 9.59 Å². The minimum Gasteiger partial charge on any atom is -0.355 e. The van der Waals surface area contributed by atoms with Gasteiger partial charge in [0.25, 0.3) is 5.91 Å². The molecule has 0 radical (unpaired) electrons. The van der Waals surface area contributed by atoms with Crippen LogP contribution in [0.25, 0.3) is 11.3 Å². The number of carbonyl (C=O) groups is 2. The van der Waals surface area contributed by atoms with E-state index < -0.39 is 0 Å². The van der Waals surface area contributed by atoms with E-state index in [-0.39, 0.29) is 17.5 Å². The summed E-state index contributed by atoms with van der Waals surface area (Å²) in [6, 6.07) is 9.40. The van der Waals surface area contributed by atoms with Gasteiger partial charge < -0.3 is 14.7 Å².